The highest BCUT2D eigenvalue weighted by Crippen LogP contribution is 2.30. The minimum absolute atomic E-state index is 0.0736. The number of imide groups is 1. The fourth-order valence-corrected chi connectivity index (χ4v) is 4.57. The molecule has 0 N–H and O–H groups in total. The Morgan fingerprint density at radius 3 is 2.00 bits per heavy atom. The highest BCUT2D eigenvalue weighted by atomic mass is 16.6. The Morgan fingerprint density at radius 1 is 0.974 bits per heavy atom. The molecule has 0 unspecified atom stereocenters. The molecule has 8 heteroatoms. The zero-order valence-electron chi connectivity index (χ0n) is 25.5. The number of cyclic esters (lactones) is 1. The van der Waals surface area contributed by atoms with Crippen LogP contribution >= 0.6 is 0 Å². The van der Waals surface area contributed by atoms with E-state index in [1.54, 1.807) is 41.5 Å². The lowest BCUT2D eigenvalue weighted by Gasteiger charge is -2.33. The summed E-state index contributed by atoms with van der Waals surface area (Å²) in [6.45, 7) is 18.8. The zero-order valence-corrected chi connectivity index (χ0v) is 25.5. The molecule has 0 aliphatic carbocycles. The summed E-state index contributed by atoms with van der Waals surface area (Å²) < 4.78 is 23.3. The number of carbonyl (C=O) groups excluding carboxylic acids is 3. The van der Waals surface area contributed by atoms with E-state index in [1.807, 2.05) is 6.92 Å². The number of carbonyl (C=O) groups is 3. The van der Waals surface area contributed by atoms with E-state index in [4.69, 9.17) is 18.9 Å². The van der Waals surface area contributed by atoms with Crippen molar-refractivity contribution in [2.45, 2.75) is 124 Å². The van der Waals surface area contributed by atoms with E-state index in [0.29, 0.717) is 18.9 Å². The van der Waals surface area contributed by atoms with Gasteiger partial charge in [-0.25, -0.2) is 14.4 Å². The number of esters is 1. The second kappa shape index (κ2) is 13.6. The number of nitrogens with zero attached hydrogens (tertiary/aromatic N) is 1. The van der Waals surface area contributed by atoms with E-state index in [0.717, 1.165) is 17.7 Å². The molecule has 2 rings (SSSR count). The van der Waals surface area contributed by atoms with Crippen molar-refractivity contribution < 1.29 is 33.3 Å². The molecule has 39 heavy (non-hydrogen) atoms. The molecule has 0 saturated carbocycles. The molecule has 0 radical (unpaired) electrons. The van der Waals surface area contributed by atoms with Crippen LogP contribution in [-0.4, -0.2) is 59.1 Å². The Morgan fingerprint density at radius 2 is 1.51 bits per heavy atom. The number of hydrogen-bond donors (Lipinski definition) is 0. The fourth-order valence-electron chi connectivity index (χ4n) is 4.57. The monoisotopic (exact) mass is 547 g/mol. The fraction of sp³-hybridized carbons (Fsp3) is 0.710. The molecule has 220 valence electrons. The van der Waals surface area contributed by atoms with E-state index in [2.05, 4.69) is 45.0 Å². The maximum absolute atomic E-state index is 13.6. The summed E-state index contributed by atoms with van der Waals surface area (Å²) in [6, 6.07) is 7.24. The molecule has 1 aromatic carbocycles. The van der Waals surface area contributed by atoms with Gasteiger partial charge in [0.25, 0.3) is 0 Å². The van der Waals surface area contributed by atoms with Crippen molar-refractivity contribution in [2.75, 3.05) is 6.61 Å². The average molecular weight is 548 g/mol. The van der Waals surface area contributed by atoms with Crippen molar-refractivity contribution in [3.05, 3.63) is 35.4 Å². The molecule has 0 aromatic heterocycles. The Kier molecular flexibility index (Phi) is 11.4. The Hall–Kier alpha value is -2.61. The second-order valence-corrected chi connectivity index (χ2v) is 13.1. The second-order valence-electron chi connectivity index (χ2n) is 13.1. The quantitative estimate of drug-likeness (QED) is 0.284. The van der Waals surface area contributed by atoms with Crippen LogP contribution in [0, 0.1) is 18.8 Å². The van der Waals surface area contributed by atoms with Gasteiger partial charge in [-0.3, -0.25) is 0 Å². The summed E-state index contributed by atoms with van der Waals surface area (Å²) >= 11 is 0. The SMILES string of the molecule is Cc1ccc(C[C@H]2CCC[C@H](N(C(=O)OC(C)(C)C)C(=O)OC(C)(C)C)C(=O)O[C@@H](C)[C@@H]2OCC(C)C)cc1. The average Bonchev–Trinajstić information content (AvgIpc) is 2.81. The van der Waals surface area contributed by atoms with Crippen molar-refractivity contribution in [3.63, 3.8) is 0 Å². The normalized spacial score (nSPS) is 22.8. The first-order valence-corrected chi connectivity index (χ1v) is 14.1. The molecule has 1 heterocycles. The van der Waals surface area contributed by atoms with Crippen LogP contribution < -0.4 is 0 Å². The van der Waals surface area contributed by atoms with Gasteiger partial charge in [0, 0.05) is 6.61 Å². The molecule has 1 aromatic rings. The predicted molar refractivity (Wildman–Crippen MR) is 150 cm³/mol. The van der Waals surface area contributed by atoms with Gasteiger partial charge in [0.1, 0.15) is 23.3 Å². The number of hydrogen-bond acceptors (Lipinski definition) is 7. The van der Waals surface area contributed by atoms with Gasteiger partial charge in [-0.05, 0) is 92.1 Å². The molecule has 1 aliphatic rings. The van der Waals surface area contributed by atoms with Crippen LogP contribution in [0.25, 0.3) is 0 Å². The van der Waals surface area contributed by atoms with Gasteiger partial charge in [0.05, 0.1) is 6.10 Å². The van der Waals surface area contributed by atoms with Crippen LogP contribution in [0.15, 0.2) is 24.3 Å². The van der Waals surface area contributed by atoms with Crippen LogP contribution in [0.4, 0.5) is 9.59 Å². The maximum Gasteiger partial charge on any atom is 0.420 e. The Bertz CT molecular complexity index is 931. The molecule has 8 nitrogen and oxygen atoms in total. The largest absolute Gasteiger partial charge is 0.458 e. The molecule has 0 spiro atoms. The summed E-state index contributed by atoms with van der Waals surface area (Å²) in [5.41, 5.74) is 0.627. The van der Waals surface area contributed by atoms with Crippen molar-refractivity contribution in [1.29, 1.82) is 0 Å². The van der Waals surface area contributed by atoms with E-state index in [-0.39, 0.29) is 18.4 Å². The lowest BCUT2D eigenvalue weighted by atomic mass is 9.86. The molecule has 1 saturated heterocycles. The Labute approximate surface area is 234 Å². The van der Waals surface area contributed by atoms with E-state index in [9.17, 15) is 14.4 Å². The third-order valence-corrected chi connectivity index (χ3v) is 6.29. The molecular formula is C31H49NO7. The molecular weight excluding hydrogens is 498 g/mol. The third kappa shape index (κ3) is 10.8. The molecule has 0 bridgehead atoms. The first-order chi connectivity index (χ1) is 18.0. The molecule has 1 fully saturated rings. The van der Waals surface area contributed by atoms with Crippen LogP contribution in [0.2, 0.25) is 0 Å². The van der Waals surface area contributed by atoms with Crippen LogP contribution in [0.1, 0.15) is 92.7 Å². The minimum atomic E-state index is -1.18. The lowest BCUT2D eigenvalue weighted by molar-refractivity contribution is -0.164. The van der Waals surface area contributed by atoms with E-state index >= 15 is 0 Å². The van der Waals surface area contributed by atoms with Crippen LogP contribution in [0.5, 0.6) is 0 Å². The molecule has 1 aliphatic heterocycles. The van der Waals surface area contributed by atoms with Crippen molar-refractivity contribution in [2.24, 2.45) is 11.8 Å². The summed E-state index contributed by atoms with van der Waals surface area (Å²) in [5, 5.41) is 0. The topological polar surface area (TPSA) is 91.4 Å². The van der Waals surface area contributed by atoms with Crippen molar-refractivity contribution in [3.8, 4) is 0 Å². The van der Waals surface area contributed by atoms with Crippen LogP contribution in [-0.2, 0) is 30.2 Å². The first-order valence-electron chi connectivity index (χ1n) is 14.1. The molecule has 2 amide bonds. The first kappa shape index (κ1) is 32.6. The summed E-state index contributed by atoms with van der Waals surface area (Å²) in [6.07, 6.45) is -0.511. The zero-order chi connectivity index (χ0) is 29.5. The standard InChI is InChI=1S/C31H49NO7/c1-20(2)19-36-26-22(4)37-27(33)25(13-11-12-24(26)18-23-16-14-21(3)15-17-23)32(28(34)38-30(5,6)7)29(35)39-31(8,9)10/h14-17,20,22,24-26H,11-13,18-19H2,1-10H3/t22-,24+,25-,26-/m0/s1. The highest BCUT2D eigenvalue weighted by molar-refractivity contribution is 5.94. The minimum Gasteiger partial charge on any atom is -0.458 e. The van der Waals surface area contributed by atoms with Gasteiger partial charge in [-0.1, -0.05) is 50.1 Å². The highest BCUT2D eigenvalue weighted by Gasteiger charge is 2.43. The van der Waals surface area contributed by atoms with Gasteiger partial charge in [0.2, 0.25) is 0 Å². The third-order valence-electron chi connectivity index (χ3n) is 6.29. The maximum atomic E-state index is 13.6. The number of amides is 2. The van der Waals surface area contributed by atoms with Gasteiger partial charge < -0.3 is 18.9 Å². The van der Waals surface area contributed by atoms with Crippen molar-refractivity contribution >= 4 is 18.2 Å². The number of ether oxygens (including phenoxy) is 4. The van der Waals surface area contributed by atoms with Crippen LogP contribution in [0.3, 0.4) is 0 Å². The van der Waals surface area contributed by atoms with Gasteiger partial charge in [-0.2, -0.15) is 4.90 Å². The number of benzene rings is 1. The summed E-state index contributed by atoms with van der Waals surface area (Å²) in [7, 11) is 0. The smallest absolute Gasteiger partial charge is 0.420 e. The molecule has 4 atom stereocenters. The number of aryl methyl sites for hydroxylation is 1. The van der Waals surface area contributed by atoms with E-state index < -0.39 is 41.5 Å². The van der Waals surface area contributed by atoms with E-state index in [1.165, 1.54) is 11.1 Å². The predicted octanol–water partition coefficient (Wildman–Crippen LogP) is 6.85. The number of rotatable bonds is 6. The van der Waals surface area contributed by atoms with Gasteiger partial charge >= 0.3 is 18.2 Å². The van der Waals surface area contributed by atoms with Crippen molar-refractivity contribution in [1.82, 2.24) is 4.90 Å². The summed E-state index contributed by atoms with van der Waals surface area (Å²) in [4.78, 5) is 40.8. The van der Waals surface area contributed by atoms with Gasteiger partial charge in [0.15, 0.2) is 0 Å². The van der Waals surface area contributed by atoms with Gasteiger partial charge in [-0.15, -0.1) is 0 Å². The lowest BCUT2D eigenvalue weighted by Crippen LogP contribution is -2.53. The Balaban J connectivity index is 2.40. The summed E-state index contributed by atoms with van der Waals surface area (Å²) in [5.74, 6) is -0.291.